The summed E-state index contributed by atoms with van der Waals surface area (Å²) in [6, 6.07) is 7.33. The molecular formula is C13H16N2O3. The van der Waals surface area contributed by atoms with E-state index in [1.807, 2.05) is 12.1 Å². The maximum absolute atomic E-state index is 11.8. The Labute approximate surface area is 105 Å². The van der Waals surface area contributed by atoms with Gasteiger partial charge in [-0.3, -0.25) is 9.59 Å². The molecule has 3 N–H and O–H groups in total. The van der Waals surface area contributed by atoms with Crippen LogP contribution in [0.15, 0.2) is 24.3 Å². The first-order valence-corrected chi connectivity index (χ1v) is 5.96. The zero-order valence-electron chi connectivity index (χ0n) is 9.98. The van der Waals surface area contributed by atoms with Gasteiger partial charge in [0.05, 0.1) is 5.92 Å². The molecule has 2 amide bonds. The van der Waals surface area contributed by atoms with Crippen LogP contribution in [0.2, 0.25) is 0 Å². The van der Waals surface area contributed by atoms with Crippen LogP contribution < -0.4 is 10.6 Å². The first-order chi connectivity index (χ1) is 8.69. The lowest BCUT2D eigenvalue weighted by molar-refractivity contribution is -0.123. The quantitative estimate of drug-likeness (QED) is 0.717. The van der Waals surface area contributed by atoms with E-state index >= 15 is 0 Å². The van der Waals surface area contributed by atoms with Gasteiger partial charge < -0.3 is 15.7 Å². The molecule has 18 heavy (non-hydrogen) atoms. The number of anilines is 1. The van der Waals surface area contributed by atoms with Crippen molar-refractivity contribution in [3.63, 3.8) is 0 Å². The largest absolute Gasteiger partial charge is 0.396 e. The zero-order valence-corrected chi connectivity index (χ0v) is 9.98. The van der Waals surface area contributed by atoms with Crippen molar-refractivity contribution in [3.05, 3.63) is 29.8 Å². The predicted octanol–water partition coefficient (Wildman–Crippen LogP) is 0.296. The van der Waals surface area contributed by atoms with Crippen molar-refractivity contribution in [1.82, 2.24) is 5.32 Å². The Morgan fingerprint density at radius 2 is 2.11 bits per heavy atom. The molecule has 1 aliphatic heterocycles. The summed E-state index contributed by atoms with van der Waals surface area (Å²) in [5.41, 5.74) is 1.73. The molecule has 1 aliphatic rings. The predicted molar refractivity (Wildman–Crippen MR) is 67.0 cm³/mol. The number of hydrogen-bond acceptors (Lipinski definition) is 3. The molecule has 1 saturated heterocycles. The minimum absolute atomic E-state index is 0.0755. The fourth-order valence-electron chi connectivity index (χ4n) is 1.92. The number of hydrogen-bond donors (Lipinski definition) is 3. The van der Waals surface area contributed by atoms with E-state index in [4.69, 9.17) is 5.11 Å². The molecule has 1 fully saturated rings. The Kier molecular flexibility index (Phi) is 3.94. The van der Waals surface area contributed by atoms with Gasteiger partial charge in [0, 0.05) is 25.3 Å². The van der Waals surface area contributed by atoms with Gasteiger partial charge in [-0.25, -0.2) is 0 Å². The van der Waals surface area contributed by atoms with Crippen molar-refractivity contribution in [1.29, 1.82) is 0 Å². The fourth-order valence-corrected chi connectivity index (χ4v) is 1.92. The van der Waals surface area contributed by atoms with Crippen LogP contribution in [-0.4, -0.2) is 30.1 Å². The molecule has 1 atom stereocenters. The van der Waals surface area contributed by atoms with E-state index in [2.05, 4.69) is 10.6 Å². The Morgan fingerprint density at radius 1 is 1.39 bits per heavy atom. The van der Waals surface area contributed by atoms with Gasteiger partial charge in [-0.2, -0.15) is 0 Å². The van der Waals surface area contributed by atoms with Gasteiger partial charge in [-0.15, -0.1) is 0 Å². The smallest absolute Gasteiger partial charge is 0.229 e. The second-order valence-electron chi connectivity index (χ2n) is 4.36. The molecule has 2 rings (SSSR count). The van der Waals surface area contributed by atoms with E-state index in [1.165, 1.54) is 0 Å². The topological polar surface area (TPSA) is 78.4 Å². The van der Waals surface area contributed by atoms with Gasteiger partial charge in [0.15, 0.2) is 0 Å². The SMILES string of the molecule is O=C1CC(C(=O)Nc2ccc(CCO)cc2)CN1. The van der Waals surface area contributed by atoms with Crippen molar-refractivity contribution in [2.75, 3.05) is 18.5 Å². The number of carbonyl (C=O) groups is 2. The molecule has 0 spiro atoms. The summed E-state index contributed by atoms with van der Waals surface area (Å²) in [6.07, 6.45) is 0.865. The normalized spacial score (nSPS) is 18.5. The van der Waals surface area contributed by atoms with Gasteiger partial charge in [0.1, 0.15) is 0 Å². The lowest BCUT2D eigenvalue weighted by atomic mass is 10.1. The molecule has 0 saturated carbocycles. The highest BCUT2D eigenvalue weighted by Gasteiger charge is 2.27. The van der Waals surface area contributed by atoms with Crippen molar-refractivity contribution in [2.24, 2.45) is 5.92 Å². The highest BCUT2D eigenvalue weighted by Crippen LogP contribution is 2.14. The third-order valence-corrected chi connectivity index (χ3v) is 2.97. The monoisotopic (exact) mass is 248 g/mol. The number of nitrogens with one attached hydrogen (secondary N) is 2. The molecule has 5 heteroatoms. The van der Waals surface area contributed by atoms with Crippen LogP contribution in [-0.2, 0) is 16.0 Å². The van der Waals surface area contributed by atoms with Crippen molar-refractivity contribution < 1.29 is 14.7 Å². The van der Waals surface area contributed by atoms with Crippen LogP contribution in [0.25, 0.3) is 0 Å². The van der Waals surface area contributed by atoms with E-state index in [1.54, 1.807) is 12.1 Å². The number of benzene rings is 1. The van der Waals surface area contributed by atoms with Gasteiger partial charge in [0.2, 0.25) is 11.8 Å². The summed E-state index contributed by atoms with van der Waals surface area (Å²) in [6.45, 7) is 0.523. The van der Waals surface area contributed by atoms with E-state index < -0.39 is 0 Å². The molecule has 0 radical (unpaired) electrons. The highest BCUT2D eigenvalue weighted by molar-refractivity contribution is 5.97. The Morgan fingerprint density at radius 3 is 2.67 bits per heavy atom. The van der Waals surface area contributed by atoms with Crippen LogP contribution in [0.3, 0.4) is 0 Å². The third kappa shape index (κ3) is 3.07. The molecule has 0 bridgehead atoms. The average molecular weight is 248 g/mol. The third-order valence-electron chi connectivity index (χ3n) is 2.97. The van der Waals surface area contributed by atoms with E-state index in [0.717, 1.165) is 5.56 Å². The molecular weight excluding hydrogens is 232 g/mol. The van der Waals surface area contributed by atoms with Gasteiger partial charge >= 0.3 is 0 Å². The minimum atomic E-state index is -0.283. The summed E-state index contributed by atoms with van der Waals surface area (Å²) in [5, 5.41) is 14.2. The lowest BCUT2D eigenvalue weighted by Gasteiger charge is -2.09. The number of carbonyl (C=O) groups excluding carboxylic acids is 2. The second kappa shape index (κ2) is 5.64. The molecule has 1 aromatic rings. The number of aliphatic hydroxyl groups excluding tert-OH is 1. The van der Waals surface area contributed by atoms with Crippen LogP contribution >= 0.6 is 0 Å². The fraction of sp³-hybridized carbons (Fsp3) is 0.385. The maximum Gasteiger partial charge on any atom is 0.229 e. The summed E-state index contributed by atoms with van der Waals surface area (Å²) < 4.78 is 0. The molecule has 0 aromatic heterocycles. The first-order valence-electron chi connectivity index (χ1n) is 5.96. The molecule has 1 aromatic carbocycles. The highest BCUT2D eigenvalue weighted by atomic mass is 16.3. The zero-order chi connectivity index (χ0) is 13.0. The molecule has 5 nitrogen and oxygen atoms in total. The molecule has 0 aliphatic carbocycles. The van der Waals surface area contributed by atoms with Crippen molar-refractivity contribution >= 4 is 17.5 Å². The van der Waals surface area contributed by atoms with Crippen molar-refractivity contribution in [2.45, 2.75) is 12.8 Å². The first kappa shape index (κ1) is 12.6. The van der Waals surface area contributed by atoms with Crippen LogP contribution in [0.1, 0.15) is 12.0 Å². The number of amides is 2. The Balaban J connectivity index is 1.92. The van der Waals surface area contributed by atoms with E-state index in [-0.39, 0.29) is 30.8 Å². The summed E-state index contributed by atoms with van der Waals surface area (Å²) in [7, 11) is 0. The van der Waals surface area contributed by atoms with Gasteiger partial charge in [-0.1, -0.05) is 12.1 Å². The summed E-state index contributed by atoms with van der Waals surface area (Å²) in [5.74, 6) is -0.494. The van der Waals surface area contributed by atoms with Crippen LogP contribution in [0, 0.1) is 5.92 Å². The standard InChI is InChI=1S/C13H16N2O3/c16-6-5-9-1-3-11(4-2-9)15-13(18)10-7-12(17)14-8-10/h1-4,10,16H,5-8H2,(H,14,17)(H,15,18). The van der Waals surface area contributed by atoms with Gasteiger partial charge in [-0.05, 0) is 24.1 Å². The lowest BCUT2D eigenvalue weighted by Crippen LogP contribution is -2.24. The average Bonchev–Trinajstić information content (AvgIpc) is 2.79. The van der Waals surface area contributed by atoms with Crippen LogP contribution in [0.5, 0.6) is 0 Å². The summed E-state index contributed by atoms with van der Waals surface area (Å²) in [4.78, 5) is 22.8. The van der Waals surface area contributed by atoms with Crippen molar-refractivity contribution in [3.8, 4) is 0 Å². The van der Waals surface area contributed by atoms with Gasteiger partial charge in [0.25, 0.3) is 0 Å². The number of aliphatic hydroxyl groups is 1. The summed E-state index contributed by atoms with van der Waals surface area (Å²) >= 11 is 0. The maximum atomic E-state index is 11.8. The Hall–Kier alpha value is -1.88. The van der Waals surface area contributed by atoms with E-state index in [0.29, 0.717) is 18.7 Å². The minimum Gasteiger partial charge on any atom is -0.396 e. The molecule has 96 valence electrons. The van der Waals surface area contributed by atoms with E-state index in [9.17, 15) is 9.59 Å². The molecule has 1 heterocycles. The van der Waals surface area contributed by atoms with Crippen LogP contribution in [0.4, 0.5) is 5.69 Å². The number of rotatable bonds is 4. The Bertz CT molecular complexity index is 442. The second-order valence-corrected chi connectivity index (χ2v) is 4.36. The molecule has 1 unspecified atom stereocenters.